The summed E-state index contributed by atoms with van der Waals surface area (Å²) in [7, 11) is 0. The molecule has 0 aromatic rings. The Morgan fingerprint density at radius 1 is 0.308 bits per heavy atom. The van der Waals surface area contributed by atoms with Crippen LogP contribution in [0.25, 0.3) is 0 Å². The highest BCUT2D eigenvalue weighted by atomic mass is 16.6. The Hall–Kier alpha value is -2.63. The highest BCUT2D eigenvalue weighted by Crippen LogP contribution is 2.16. The summed E-state index contributed by atoms with van der Waals surface area (Å²) in [5.41, 5.74) is 0. The molecule has 378 valence electrons. The second-order valence-electron chi connectivity index (χ2n) is 18.8. The van der Waals surface area contributed by atoms with Crippen LogP contribution in [0.1, 0.15) is 290 Å². The van der Waals surface area contributed by atoms with E-state index in [1.165, 1.54) is 154 Å². The number of allylic oxidation sites excluding steroid dienone is 8. The number of hydrogen-bond acceptors (Lipinski definition) is 6. The third kappa shape index (κ3) is 52.2. The van der Waals surface area contributed by atoms with Crippen LogP contribution in [-0.2, 0) is 28.6 Å². The fourth-order valence-corrected chi connectivity index (χ4v) is 8.04. The second-order valence-corrected chi connectivity index (χ2v) is 18.8. The summed E-state index contributed by atoms with van der Waals surface area (Å²) in [6.07, 6.45) is 65.3. The minimum Gasteiger partial charge on any atom is -0.462 e. The van der Waals surface area contributed by atoms with Gasteiger partial charge in [-0.3, -0.25) is 14.4 Å². The summed E-state index contributed by atoms with van der Waals surface area (Å²) < 4.78 is 16.8. The summed E-state index contributed by atoms with van der Waals surface area (Å²) >= 11 is 0. The zero-order chi connectivity index (χ0) is 47.2. The summed E-state index contributed by atoms with van der Waals surface area (Å²) in [4.78, 5) is 38.1. The molecule has 6 heteroatoms. The van der Waals surface area contributed by atoms with Crippen LogP contribution in [0.5, 0.6) is 0 Å². The molecule has 65 heavy (non-hydrogen) atoms. The van der Waals surface area contributed by atoms with Crippen LogP contribution in [-0.4, -0.2) is 37.2 Å². The number of ether oxygens (including phenoxy) is 3. The monoisotopic (exact) mass is 911 g/mol. The second kappa shape index (κ2) is 54.0. The van der Waals surface area contributed by atoms with E-state index in [4.69, 9.17) is 14.2 Å². The van der Waals surface area contributed by atoms with Gasteiger partial charge in [-0.1, -0.05) is 243 Å². The van der Waals surface area contributed by atoms with E-state index in [0.29, 0.717) is 19.3 Å². The lowest BCUT2D eigenvalue weighted by Crippen LogP contribution is -2.30. The van der Waals surface area contributed by atoms with Crippen molar-refractivity contribution in [3.8, 4) is 0 Å². The quantitative estimate of drug-likeness (QED) is 0.0262. The molecule has 1 unspecified atom stereocenters. The van der Waals surface area contributed by atoms with Gasteiger partial charge < -0.3 is 14.2 Å². The fraction of sp³-hybridized carbons (Fsp3) is 0.814. The van der Waals surface area contributed by atoms with Gasteiger partial charge in [0.1, 0.15) is 13.2 Å². The van der Waals surface area contributed by atoms with Crippen LogP contribution in [0.4, 0.5) is 0 Å². The van der Waals surface area contributed by atoms with E-state index in [1.54, 1.807) is 0 Å². The number of carbonyl (C=O) groups excluding carboxylic acids is 3. The molecular weight excluding hydrogens is 805 g/mol. The molecule has 0 bridgehead atoms. The minimum atomic E-state index is -0.779. The Kier molecular flexibility index (Phi) is 51.8. The molecule has 0 saturated carbocycles. The highest BCUT2D eigenvalue weighted by Gasteiger charge is 2.19. The molecular formula is C59H106O6. The summed E-state index contributed by atoms with van der Waals surface area (Å²) in [5.74, 6) is -0.885. The van der Waals surface area contributed by atoms with Gasteiger partial charge in [-0.15, -0.1) is 0 Å². The van der Waals surface area contributed by atoms with Crippen molar-refractivity contribution in [2.45, 2.75) is 297 Å². The number of hydrogen-bond donors (Lipinski definition) is 0. The molecule has 0 amide bonds. The van der Waals surface area contributed by atoms with E-state index < -0.39 is 6.10 Å². The summed E-state index contributed by atoms with van der Waals surface area (Å²) in [5, 5.41) is 0. The van der Waals surface area contributed by atoms with Crippen LogP contribution in [0, 0.1) is 0 Å². The fourth-order valence-electron chi connectivity index (χ4n) is 8.04. The highest BCUT2D eigenvalue weighted by molar-refractivity contribution is 5.71. The first-order valence-electron chi connectivity index (χ1n) is 28.1. The maximum Gasteiger partial charge on any atom is 0.306 e. The Labute approximate surface area is 403 Å². The SMILES string of the molecule is CCC/C=C\C/C=C\CCCCCCCC(=O)OC(COC(=O)CCCCCCCCCCC/C=C\C/C=C\CCCCCCC)COC(=O)CCCCCCCCCCCCCCC. The Bertz CT molecular complexity index is 1140. The Morgan fingerprint density at radius 3 is 0.908 bits per heavy atom. The largest absolute Gasteiger partial charge is 0.462 e. The molecule has 6 nitrogen and oxygen atoms in total. The molecule has 0 radical (unpaired) electrons. The van der Waals surface area contributed by atoms with Crippen molar-refractivity contribution >= 4 is 17.9 Å². The molecule has 0 saturated heterocycles. The number of carbonyl (C=O) groups is 3. The van der Waals surface area contributed by atoms with Crippen LogP contribution in [0.2, 0.25) is 0 Å². The Morgan fingerprint density at radius 2 is 0.585 bits per heavy atom. The molecule has 0 aromatic heterocycles. The van der Waals surface area contributed by atoms with Gasteiger partial charge >= 0.3 is 17.9 Å². The normalized spacial score (nSPS) is 12.4. The predicted octanol–water partition coefficient (Wildman–Crippen LogP) is 18.7. The maximum atomic E-state index is 12.8. The van der Waals surface area contributed by atoms with Gasteiger partial charge in [-0.05, 0) is 77.0 Å². The standard InChI is InChI=1S/C59H106O6/c1-4-7-10-13-16-19-22-25-26-27-28-29-30-31-32-35-37-40-43-46-49-52-58(61)64-55-56(65-59(62)53-50-47-44-41-38-34-24-21-18-15-12-9-6-3)54-63-57(60)51-48-45-42-39-36-33-23-20-17-14-11-8-5-2/h12,15,21-22,24-25,27-28,56H,4-11,13-14,16-20,23,26,29-55H2,1-3H3/b15-12-,24-21-,25-22-,28-27-. The number of unbranched alkanes of at least 4 members (excludes halogenated alkanes) is 32. The molecule has 0 aliphatic rings. The molecule has 0 fully saturated rings. The van der Waals surface area contributed by atoms with Crippen LogP contribution < -0.4 is 0 Å². The van der Waals surface area contributed by atoms with Crippen molar-refractivity contribution < 1.29 is 28.6 Å². The molecule has 0 rings (SSSR count). The molecule has 0 aromatic carbocycles. The van der Waals surface area contributed by atoms with E-state index in [2.05, 4.69) is 69.4 Å². The van der Waals surface area contributed by atoms with Gasteiger partial charge in [-0.25, -0.2) is 0 Å². The van der Waals surface area contributed by atoms with E-state index in [-0.39, 0.29) is 31.1 Å². The zero-order valence-corrected chi connectivity index (χ0v) is 43.3. The topological polar surface area (TPSA) is 78.9 Å². The van der Waals surface area contributed by atoms with Crippen molar-refractivity contribution in [1.82, 2.24) is 0 Å². The first-order valence-corrected chi connectivity index (χ1v) is 28.1. The van der Waals surface area contributed by atoms with Gasteiger partial charge in [0.25, 0.3) is 0 Å². The van der Waals surface area contributed by atoms with Gasteiger partial charge in [0.2, 0.25) is 0 Å². The van der Waals surface area contributed by atoms with Gasteiger partial charge in [0, 0.05) is 19.3 Å². The average molecular weight is 911 g/mol. The smallest absolute Gasteiger partial charge is 0.306 e. The van der Waals surface area contributed by atoms with Crippen molar-refractivity contribution in [2.24, 2.45) is 0 Å². The number of rotatable bonds is 51. The van der Waals surface area contributed by atoms with E-state index in [1.807, 2.05) is 0 Å². The van der Waals surface area contributed by atoms with Crippen LogP contribution in [0.3, 0.4) is 0 Å². The minimum absolute atomic E-state index is 0.0775. The molecule has 1 atom stereocenters. The third-order valence-corrected chi connectivity index (χ3v) is 12.3. The van der Waals surface area contributed by atoms with E-state index in [0.717, 1.165) is 96.3 Å². The van der Waals surface area contributed by atoms with Gasteiger partial charge in [-0.2, -0.15) is 0 Å². The summed E-state index contributed by atoms with van der Waals surface area (Å²) in [6.45, 7) is 6.57. The zero-order valence-electron chi connectivity index (χ0n) is 43.3. The summed E-state index contributed by atoms with van der Waals surface area (Å²) in [6, 6.07) is 0. The first-order chi connectivity index (χ1) is 32.0. The number of esters is 3. The Balaban J connectivity index is 4.31. The van der Waals surface area contributed by atoms with E-state index in [9.17, 15) is 14.4 Å². The van der Waals surface area contributed by atoms with Gasteiger partial charge in [0.15, 0.2) is 6.10 Å². The maximum absolute atomic E-state index is 12.8. The molecule has 0 aliphatic heterocycles. The van der Waals surface area contributed by atoms with Crippen molar-refractivity contribution in [2.75, 3.05) is 13.2 Å². The van der Waals surface area contributed by atoms with Crippen molar-refractivity contribution in [3.05, 3.63) is 48.6 Å². The molecule has 0 N–H and O–H groups in total. The molecule has 0 heterocycles. The van der Waals surface area contributed by atoms with Crippen molar-refractivity contribution in [1.29, 1.82) is 0 Å². The lowest BCUT2D eigenvalue weighted by Gasteiger charge is -2.18. The van der Waals surface area contributed by atoms with Crippen LogP contribution in [0.15, 0.2) is 48.6 Å². The van der Waals surface area contributed by atoms with Crippen molar-refractivity contribution in [3.63, 3.8) is 0 Å². The average Bonchev–Trinajstić information content (AvgIpc) is 3.30. The molecule has 0 aliphatic carbocycles. The predicted molar refractivity (Wildman–Crippen MR) is 279 cm³/mol. The lowest BCUT2D eigenvalue weighted by atomic mass is 10.0. The first kappa shape index (κ1) is 62.4. The third-order valence-electron chi connectivity index (χ3n) is 12.3. The molecule has 0 spiro atoms. The van der Waals surface area contributed by atoms with Crippen LogP contribution >= 0.6 is 0 Å². The van der Waals surface area contributed by atoms with E-state index >= 15 is 0 Å². The van der Waals surface area contributed by atoms with Gasteiger partial charge in [0.05, 0.1) is 0 Å². The lowest BCUT2D eigenvalue weighted by molar-refractivity contribution is -0.167.